The molecule has 10 heteroatoms. The summed E-state index contributed by atoms with van der Waals surface area (Å²) in [4.78, 5) is 21.5. The van der Waals surface area contributed by atoms with E-state index in [0.29, 0.717) is 61.8 Å². The van der Waals surface area contributed by atoms with E-state index >= 15 is 0 Å². The summed E-state index contributed by atoms with van der Waals surface area (Å²) in [5, 5.41) is 10.7. The number of carbonyl (C=O) groups excluding carboxylic acids is 1. The molecule has 0 spiro atoms. The second-order valence-corrected chi connectivity index (χ2v) is 11.0. The van der Waals surface area contributed by atoms with Gasteiger partial charge in [0.1, 0.15) is 4.90 Å². The van der Waals surface area contributed by atoms with Gasteiger partial charge in [-0.05, 0) is 61.0 Å². The van der Waals surface area contributed by atoms with Crippen LogP contribution in [0.3, 0.4) is 0 Å². The summed E-state index contributed by atoms with van der Waals surface area (Å²) in [6.45, 7) is 5.64. The fourth-order valence-corrected chi connectivity index (χ4v) is 5.90. The Morgan fingerprint density at radius 2 is 1.74 bits per heavy atom. The zero-order valence-electron chi connectivity index (χ0n) is 21.6. The number of hydrogen-bond acceptors (Lipinski definition) is 7. The average molecular weight is 547 g/mol. The standard InChI is InChI=1S/C29H30N4O5S/c1-2-38-26-19-21(8-13-25(26)34)20-32-15-17-33(18-16-32)29(35)23-9-11-24(12-10-23)31-39(36,37)27-7-3-5-22-6-4-14-30-28(22)27/h3-14,19,31,34H,2,15-18,20H2,1H3. The first-order chi connectivity index (χ1) is 18.8. The lowest BCUT2D eigenvalue weighted by Gasteiger charge is -2.35. The van der Waals surface area contributed by atoms with Crippen LogP contribution in [-0.4, -0.2) is 67.0 Å². The zero-order chi connectivity index (χ0) is 27.4. The molecule has 3 aromatic carbocycles. The van der Waals surface area contributed by atoms with E-state index in [0.717, 1.165) is 10.9 Å². The van der Waals surface area contributed by atoms with Gasteiger partial charge in [-0.1, -0.05) is 24.3 Å². The first-order valence-electron chi connectivity index (χ1n) is 12.8. The highest BCUT2D eigenvalue weighted by atomic mass is 32.2. The van der Waals surface area contributed by atoms with E-state index in [-0.39, 0.29) is 16.6 Å². The van der Waals surface area contributed by atoms with Gasteiger partial charge < -0.3 is 14.7 Å². The summed E-state index contributed by atoms with van der Waals surface area (Å²) >= 11 is 0. The summed E-state index contributed by atoms with van der Waals surface area (Å²) in [7, 11) is -3.87. The summed E-state index contributed by atoms with van der Waals surface area (Å²) in [6, 6.07) is 20.4. The molecule has 0 bridgehead atoms. The molecule has 0 aliphatic carbocycles. The minimum absolute atomic E-state index is 0.0921. The van der Waals surface area contributed by atoms with Crippen molar-refractivity contribution in [2.45, 2.75) is 18.4 Å². The number of aromatic nitrogens is 1. The summed E-state index contributed by atoms with van der Waals surface area (Å²) in [5.74, 6) is 0.509. The minimum Gasteiger partial charge on any atom is -0.504 e. The molecule has 1 aliphatic heterocycles. The monoisotopic (exact) mass is 546 g/mol. The van der Waals surface area contributed by atoms with E-state index in [2.05, 4.69) is 14.6 Å². The second-order valence-electron chi connectivity index (χ2n) is 9.32. The molecule has 1 aromatic heterocycles. The Hall–Kier alpha value is -4.15. The predicted octanol–water partition coefficient (Wildman–Crippen LogP) is 4.10. The number of sulfonamides is 1. The van der Waals surface area contributed by atoms with Gasteiger partial charge in [-0.2, -0.15) is 0 Å². The van der Waals surface area contributed by atoms with E-state index in [1.165, 1.54) is 6.07 Å². The number of benzene rings is 3. The Balaban J connectivity index is 1.19. The Bertz CT molecular complexity index is 1580. The van der Waals surface area contributed by atoms with E-state index in [1.54, 1.807) is 53.6 Å². The van der Waals surface area contributed by atoms with Gasteiger partial charge in [0.25, 0.3) is 15.9 Å². The third-order valence-electron chi connectivity index (χ3n) is 6.66. The number of ether oxygens (including phenoxy) is 1. The number of carbonyl (C=O) groups is 1. The van der Waals surface area contributed by atoms with Crippen LogP contribution in [0.25, 0.3) is 10.9 Å². The van der Waals surface area contributed by atoms with Gasteiger partial charge in [0, 0.05) is 55.6 Å². The molecule has 4 aromatic rings. The molecule has 0 saturated carbocycles. The highest BCUT2D eigenvalue weighted by Crippen LogP contribution is 2.28. The summed E-state index contributed by atoms with van der Waals surface area (Å²) in [6.07, 6.45) is 1.56. The Kier molecular flexibility index (Phi) is 7.67. The van der Waals surface area contributed by atoms with Crippen LogP contribution in [0.2, 0.25) is 0 Å². The van der Waals surface area contributed by atoms with Gasteiger partial charge in [0.2, 0.25) is 0 Å². The lowest BCUT2D eigenvalue weighted by Crippen LogP contribution is -2.48. The molecule has 0 radical (unpaired) electrons. The van der Waals surface area contributed by atoms with E-state index in [1.807, 2.05) is 31.2 Å². The highest BCUT2D eigenvalue weighted by Gasteiger charge is 2.23. The second kappa shape index (κ2) is 11.3. The predicted molar refractivity (Wildman–Crippen MR) is 149 cm³/mol. The SMILES string of the molecule is CCOc1cc(CN2CCN(C(=O)c3ccc(NS(=O)(=O)c4cccc5cccnc45)cc3)CC2)ccc1O. The van der Waals surface area contributed by atoms with Crippen LogP contribution < -0.4 is 9.46 Å². The molecule has 1 amide bonds. The van der Waals surface area contributed by atoms with Gasteiger partial charge in [0.05, 0.1) is 12.1 Å². The number of nitrogens with zero attached hydrogens (tertiary/aromatic N) is 3. The van der Waals surface area contributed by atoms with Crippen LogP contribution in [0.5, 0.6) is 11.5 Å². The molecule has 1 fully saturated rings. The molecule has 5 rings (SSSR count). The van der Waals surface area contributed by atoms with Crippen LogP contribution in [0.4, 0.5) is 5.69 Å². The number of amides is 1. The molecular weight excluding hydrogens is 516 g/mol. The van der Waals surface area contributed by atoms with Crippen LogP contribution in [0.1, 0.15) is 22.8 Å². The smallest absolute Gasteiger partial charge is 0.264 e. The van der Waals surface area contributed by atoms with E-state index < -0.39 is 10.0 Å². The number of nitrogens with one attached hydrogen (secondary N) is 1. The first kappa shape index (κ1) is 26.5. The van der Waals surface area contributed by atoms with Crippen molar-refractivity contribution in [2.75, 3.05) is 37.5 Å². The van der Waals surface area contributed by atoms with Gasteiger partial charge in [-0.15, -0.1) is 0 Å². The zero-order valence-corrected chi connectivity index (χ0v) is 22.4. The number of piperazine rings is 1. The molecule has 0 unspecified atom stereocenters. The summed E-state index contributed by atoms with van der Waals surface area (Å²) < 4.78 is 34.2. The van der Waals surface area contributed by atoms with Crippen molar-refractivity contribution in [1.29, 1.82) is 0 Å². The van der Waals surface area contributed by atoms with Crippen molar-refractivity contribution < 1.29 is 23.1 Å². The van der Waals surface area contributed by atoms with Crippen molar-refractivity contribution in [3.63, 3.8) is 0 Å². The average Bonchev–Trinajstić information content (AvgIpc) is 2.95. The Morgan fingerprint density at radius 3 is 2.49 bits per heavy atom. The summed E-state index contributed by atoms with van der Waals surface area (Å²) in [5.41, 5.74) is 2.30. The number of para-hydroxylation sites is 1. The molecule has 1 saturated heterocycles. The molecule has 2 heterocycles. The fourth-order valence-electron chi connectivity index (χ4n) is 4.66. The number of phenolic OH excluding ortho intramolecular Hbond substituents is 1. The first-order valence-corrected chi connectivity index (χ1v) is 14.3. The molecule has 202 valence electrons. The maximum atomic E-state index is 13.1. The topological polar surface area (TPSA) is 112 Å². The quantitative estimate of drug-likeness (QED) is 0.342. The largest absolute Gasteiger partial charge is 0.504 e. The number of aromatic hydroxyl groups is 1. The van der Waals surface area contributed by atoms with Crippen molar-refractivity contribution in [3.05, 3.63) is 90.1 Å². The van der Waals surface area contributed by atoms with Gasteiger partial charge in [-0.3, -0.25) is 19.4 Å². The third-order valence-corrected chi connectivity index (χ3v) is 8.07. The van der Waals surface area contributed by atoms with Crippen molar-refractivity contribution in [3.8, 4) is 11.5 Å². The molecule has 0 atom stereocenters. The van der Waals surface area contributed by atoms with Crippen LogP contribution in [0.15, 0.2) is 83.9 Å². The van der Waals surface area contributed by atoms with Crippen LogP contribution in [0, 0.1) is 0 Å². The van der Waals surface area contributed by atoms with Gasteiger partial charge in [-0.25, -0.2) is 8.42 Å². The maximum Gasteiger partial charge on any atom is 0.264 e. The van der Waals surface area contributed by atoms with Gasteiger partial charge >= 0.3 is 0 Å². The van der Waals surface area contributed by atoms with Crippen molar-refractivity contribution in [2.24, 2.45) is 0 Å². The number of anilines is 1. The Morgan fingerprint density at radius 1 is 1.00 bits per heavy atom. The highest BCUT2D eigenvalue weighted by molar-refractivity contribution is 7.93. The lowest BCUT2D eigenvalue weighted by molar-refractivity contribution is 0.0628. The number of hydrogen-bond donors (Lipinski definition) is 2. The van der Waals surface area contributed by atoms with Crippen molar-refractivity contribution in [1.82, 2.24) is 14.8 Å². The van der Waals surface area contributed by atoms with Crippen LogP contribution in [-0.2, 0) is 16.6 Å². The minimum atomic E-state index is -3.87. The van der Waals surface area contributed by atoms with E-state index in [4.69, 9.17) is 4.74 Å². The van der Waals surface area contributed by atoms with Crippen molar-refractivity contribution >= 4 is 32.5 Å². The molecule has 2 N–H and O–H groups in total. The molecular formula is C29H30N4O5S. The number of phenols is 1. The normalized spacial score (nSPS) is 14.3. The number of fused-ring (bicyclic) bond motifs is 1. The number of pyridine rings is 1. The van der Waals surface area contributed by atoms with Crippen LogP contribution >= 0.6 is 0 Å². The van der Waals surface area contributed by atoms with Gasteiger partial charge in [0.15, 0.2) is 11.5 Å². The number of rotatable bonds is 8. The fraction of sp³-hybridized carbons (Fsp3) is 0.241. The Labute approximate surface area is 227 Å². The molecule has 9 nitrogen and oxygen atoms in total. The van der Waals surface area contributed by atoms with E-state index in [9.17, 15) is 18.3 Å². The maximum absolute atomic E-state index is 13.1. The molecule has 39 heavy (non-hydrogen) atoms. The molecule has 1 aliphatic rings. The lowest BCUT2D eigenvalue weighted by atomic mass is 10.1. The third kappa shape index (κ3) is 5.97.